The van der Waals surface area contributed by atoms with Crippen molar-refractivity contribution >= 4 is 34.8 Å². The van der Waals surface area contributed by atoms with Crippen LogP contribution in [0, 0.1) is 35.5 Å². The number of imidazole rings is 2. The number of hydrogen-bond donors (Lipinski definition) is 4. The molecular weight excluding hydrogens is 777 g/mol. The smallest absolute Gasteiger partial charge is 0.407 e. The first kappa shape index (κ1) is 40.5. The highest BCUT2D eigenvalue weighted by atomic mass is 16.5. The van der Waals surface area contributed by atoms with E-state index in [1.165, 1.54) is 14.2 Å². The molecule has 3 aliphatic heterocycles. The molecule has 61 heavy (non-hydrogen) atoms. The van der Waals surface area contributed by atoms with Crippen LogP contribution in [0.15, 0.2) is 48.8 Å². The van der Waals surface area contributed by atoms with Crippen LogP contribution in [0.2, 0.25) is 0 Å². The molecule has 4 aromatic rings. The number of carbonyl (C=O) groups excluding carboxylic acids is 4. The molecule has 15 heteroatoms. The quantitative estimate of drug-likeness (QED) is 0.147. The summed E-state index contributed by atoms with van der Waals surface area (Å²) in [7, 11) is 2.61. The van der Waals surface area contributed by atoms with Gasteiger partial charge in [0.05, 0.1) is 56.6 Å². The normalized spacial score (nSPS) is 28.3. The van der Waals surface area contributed by atoms with Gasteiger partial charge in [0.1, 0.15) is 29.4 Å². The van der Waals surface area contributed by atoms with Crippen LogP contribution >= 0.6 is 0 Å². The molecule has 2 aromatic carbocycles. The van der Waals surface area contributed by atoms with Crippen LogP contribution in [0.5, 0.6) is 0 Å². The largest absolute Gasteiger partial charge is 0.453 e. The van der Waals surface area contributed by atoms with Crippen molar-refractivity contribution in [2.45, 2.75) is 115 Å². The Kier molecular flexibility index (Phi) is 10.8. The number of aromatic nitrogens is 4. The molecule has 5 aliphatic rings. The minimum Gasteiger partial charge on any atom is -0.453 e. The van der Waals surface area contributed by atoms with Crippen LogP contribution in [0.3, 0.4) is 0 Å². The van der Waals surface area contributed by atoms with Gasteiger partial charge in [0.25, 0.3) is 0 Å². The lowest BCUT2D eigenvalue weighted by atomic mass is 9.85. The molecule has 4 amide bonds. The molecule has 0 spiro atoms. The Morgan fingerprint density at radius 3 is 2.03 bits per heavy atom. The fraction of sp³-hybridized carbons (Fsp3) is 0.522. The zero-order valence-corrected chi connectivity index (χ0v) is 35.4. The number of likely N-dealkylation sites (tertiary alicyclic amines) is 2. The summed E-state index contributed by atoms with van der Waals surface area (Å²) in [5.74, 6) is 8.42. The third kappa shape index (κ3) is 8.05. The van der Waals surface area contributed by atoms with E-state index in [9.17, 15) is 19.2 Å². The number of methoxy groups -OCH3 is 2. The van der Waals surface area contributed by atoms with Crippen molar-refractivity contribution < 1.29 is 33.4 Å². The van der Waals surface area contributed by atoms with E-state index in [1.807, 2.05) is 49.8 Å². The zero-order valence-electron chi connectivity index (χ0n) is 35.4. The molecule has 0 radical (unpaired) electrons. The standard InChI is InChI=1S/C46H54N8O7/c1-23(2)39(51-45(57)59-5)43(55)53-35-17-31(35)20-38(53)42-48-22-34(50-42)29-11-10-27-15-26(7-9-28(27)16-29)8-12-33-21-47-41(49-33)37-19-30-18-36(30)54(37)44(56)40(52-46(58)60-6)32-13-24(3)61-25(4)14-32/h7,9-11,15-16,21-25,30-32,35-40H,13-14,17-20H2,1-6H3,(H,47,49)(H,48,50)(H,51,57)(H,52,58)/t24-,25+,30-,31-,32+,35-,36-,37+,38+,39+,40+/m1/s1. The molecule has 2 aromatic heterocycles. The summed E-state index contributed by atoms with van der Waals surface area (Å²) in [6.07, 6.45) is 7.18. The molecule has 9 rings (SSSR count). The van der Waals surface area contributed by atoms with Crippen molar-refractivity contribution in [1.82, 2.24) is 40.4 Å². The van der Waals surface area contributed by atoms with Crippen LogP contribution in [-0.2, 0) is 23.8 Å². The van der Waals surface area contributed by atoms with Gasteiger partial charge in [-0.15, -0.1) is 0 Å². The second-order valence-corrected chi connectivity index (χ2v) is 18.0. The number of nitrogens with zero attached hydrogens (tertiary/aromatic N) is 4. The van der Waals surface area contributed by atoms with Crippen LogP contribution in [0.25, 0.3) is 22.0 Å². The SMILES string of the molecule is COC(=O)N[C@H](C(=O)N1[C@@H]2C[C@@H]2C[C@H]1c1ncc(-c2ccc3cc(C#Cc4cnc([C@@H]5C[C@H]6C[C@H]6N5C(=O)[C@@H](NC(=O)OC)[C@H]5C[C@@H](C)O[C@@H](C)C5)[nH]4)ccc3c2)[nH]1)C(C)C. The number of benzene rings is 2. The Hall–Kier alpha value is -5.88. The van der Waals surface area contributed by atoms with Crippen LogP contribution in [0.4, 0.5) is 9.59 Å². The van der Waals surface area contributed by atoms with Crippen LogP contribution in [-0.4, -0.2) is 104 Å². The highest BCUT2D eigenvalue weighted by Crippen LogP contribution is 2.54. The average Bonchev–Trinajstić information content (AvgIpc) is 3.84. The first-order chi connectivity index (χ1) is 29.4. The molecule has 320 valence electrons. The number of nitrogens with one attached hydrogen (secondary N) is 4. The lowest BCUT2D eigenvalue weighted by Gasteiger charge is -2.38. The second kappa shape index (κ2) is 16.2. The Balaban J connectivity index is 0.881. The topological polar surface area (TPSA) is 184 Å². The van der Waals surface area contributed by atoms with Crippen molar-refractivity contribution in [3.63, 3.8) is 0 Å². The summed E-state index contributed by atoms with van der Waals surface area (Å²) in [6.45, 7) is 7.85. The van der Waals surface area contributed by atoms with E-state index in [-0.39, 0.29) is 60.0 Å². The van der Waals surface area contributed by atoms with E-state index in [0.717, 1.165) is 59.1 Å². The molecular formula is C46H54N8O7. The van der Waals surface area contributed by atoms with E-state index in [0.29, 0.717) is 36.2 Å². The zero-order chi connectivity index (χ0) is 42.7. The van der Waals surface area contributed by atoms with Gasteiger partial charge < -0.3 is 44.6 Å². The van der Waals surface area contributed by atoms with Gasteiger partial charge >= 0.3 is 12.2 Å². The number of amides is 4. The van der Waals surface area contributed by atoms with Crippen LogP contribution < -0.4 is 10.6 Å². The molecule has 0 bridgehead atoms. The minimum atomic E-state index is -0.717. The van der Waals surface area contributed by atoms with Gasteiger partial charge in [0.15, 0.2) is 0 Å². The third-order valence-corrected chi connectivity index (χ3v) is 13.4. The van der Waals surface area contributed by atoms with Gasteiger partial charge in [-0.05, 0) is 111 Å². The number of alkyl carbamates (subject to hydrolysis) is 2. The fourth-order valence-electron chi connectivity index (χ4n) is 10.2. The average molecular weight is 831 g/mol. The van der Waals surface area contributed by atoms with E-state index < -0.39 is 24.3 Å². The Bertz CT molecular complexity index is 2410. The van der Waals surface area contributed by atoms with Crippen molar-refractivity contribution in [2.75, 3.05) is 14.2 Å². The molecule has 2 saturated carbocycles. The summed E-state index contributed by atoms with van der Waals surface area (Å²) in [4.78, 5) is 72.9. The van der Waals surface area contributed by atoms with Crippen molar-refractivity contribution in [2.24, 2.45) is 23.7 Å². The van der Waals surface area contributed by atoms with Gasteiger partial charge in [0, 0.05) is 23.2 Å². The lowest BCUT2D eigenvalue weighted by molar-refractivity contribution is -0.140. The first-order valence-corrected chi connectivity index (χ1v) is 21.5. The number of ether oxygens (including phenoxy) is 3. The Morgan fingerprint density at radius 1 is 0.754 bits per heavy atom. The van der Waals surface area contributed by atoms with E-state index in [2.05, 4.69) is 62.8 Å². The molecule has 5 heterocycles. The van der Waals surface area contributed by atoms with E-state index in [4.69, 9.17) is 24.2 Å². The van der Waals surface area contributed by atoms with E-state index >= 15 is 0 Å². The van der Waals surface area contributed by atoms with Gasteiger partial charge in [-0.1, -0.05) is 38.0 Å². The number of hydrogen-bond acceptors (Lipinski definition) is 9. The maximum absolute atomic E-state index is 14.3. The molecule has 15 nitrogen and oxygen atoms in total. The number of H-pyrrole nitrogens is 2. The number of rotatable bonds is 9. The van der Waals surface area contributed by atoms with Gasteiger partial charge in [0.2, 0.25) is 11.8 Å². The Morgan fingerprint density at radius 2 is 1.36 bits per heavy atom. The maximum atomic E-state index is 14.3. The molecule has 2 aliphatic carbocycles. The summed E-state index contributed by atoms with van der Waals surface area (Å²) in [5, 5.41) is 7.69. The predicted molar refractivity (Wildman–Crippen MR) is 225 cm³/mol. The molecule has 0 unspecified atom stereocenters. The summed E-state index contributed by atoms with van der Waals surface area (Å²) < 4.78 is 15.7. The van der Waals surface area contributed by atoms with Crippen molar-refractivity contribution in [3.8, 4) is 23.1 Å². The first-order valence-electron chi connectivity index (χ1n) is 21.5. The van der Waals surface area contributed by atoms with E-state index in [1.54, 1.807) is 6.20 Å². The third-order valence-electron chi connectivity index (χ3n) is 13.4. The molecule has 3 saturated heterocycles. The molecule has 4 N–H and O–H groups in total. The second-order valence-electron chi connectivity index (χ2n) is 18.0. The summed E-state index contributed by atoms with van der Waals surface area (Å²) in [5.41, 5.74) is 3.34. The van der Waals surface area contributed by atoms with Gasteiger partial charge in [-0.3, -0.25) is 9.59 Å². The number of piperidine rings is 2. The minimum absolute atomic E-state index is 0.0164. The monoisotopic (exact) mass is 830 g/mol. The highest BCUT2D eigenvalue weighted by Gasteiger charge is 2.58. The predicted octanol–water partition coefficient (Wildman–Crippen LogP) is 5.99. The molecule has 11 atom stereocenters. The maximum Gasteiger partial charge on any atom is 0.407 e. The van der Waals surface area contributed by atoms with Gasteiger partial charge in [-0.25, -0.2) is 19.6 Å². The number of aromatic amines is 2. The fourth-order valence-corrected chi connectivity index (χ4v) is 10.2. The van der Waals surface area contributed by atoms with Crippen molar-refractivity contribution in [1.29, 1.82) is 0 Å². The number of carbonyl (C=O) groups is 4. The highest BCUT2D eigenvalue weighted by molar-refractivity contribution is 5.89. The Labute approximate surface area is 355 Å². The molecule has 5 fully saturated rings. The van der Waals surface area contributed by atoms with Crippen molar-refractivity contribution in [3.05, 3.63) is 71.7 Å². The number of fused-ring (bicyclic) bond motifs is 3. The lowest BCUT2D eigenvalue weighted by Crippen LogP contribution is -2.55. The summed E-state index contributed by atoms with van der Waals surface area (Å²) in [6, 6.07) is 10.8. The van der Waals surface area contributed by atoms with Crippen LogP contribution in [0.1, 0.15) is 101 Å². The summed E-state index contributed by atoms with van der Waals surface area (Å²) >= 11 is 0. The van der Waals surface area contributed by atoms with Gasteiger partial charge in [-0.2, -0.15) is 0 Å².